The molecule has 0 radical (unpaired) electrons. The number of allylic oxidation sites excluding steroid dienone is 1. The smallest absolute Gasteiger partial charge is 0.341 e. The number of carbonyl (C=O) groups is 1. The normalized spacial score (nSPS) is 11.0. The van der Waals surface area contributed by atoms with Gasteiger partial charge in [-0.15, -0.1) is 0 Å². The van der Waals surface area contributed by atoms with Crippen LogP contribution in [0.15, 0.2) is 45.3 Å². The summed E-state index contributed by atoms with van der Waals surface area (Å²) in [5, 5.41) is 18.0. The molecule has 4 nitrogen and oxygen atoms in total. The molecule has 0 atom stereocenters. The van der Waals surface area contributed by atoms with Gasteiger partial charge in [0.2, 0.25) is 0 Å². The van der Waals surface area contributed by atoms with Gasteiger partial charge in [0.1, 0.15) is 11.6 Å². The van der Waals surface area contributed by atoms with Crippen molar-refractivity contribution in [3.63, 3.8) is 0 Å². The summed E-state index contributed by atoms with van der Waals surface area (Å²) in [7, 11) is 0. The molecule has 0 amide bonds. The highest BCUT2D eigenvalue weighted by atomic mass is 79.9. The summed E-state index contributed by atoms with van der Waals surface area (Å²) >= 11 is 6.59. The highest BCUT2D eigenvalue weighted by molar-refractivity contribution is 9.11. The van der Waals surface area contributed by atoms with Crippen LogP contribution in [0.1, 0.15) is 11.1 Å². The second-order valence-corrected chi connectivity index (χ2v) is 6.35. The van der Waals surface area contributed by atoms with Crippen LogP contribution in [0.3, 0.4) is 0 Å². The van der Waals surface area contributed by atoms with Crippen molar-refractivity contribution in [1.82, 2.24) is 0 Å². The van der Waals surface area contributed by atoms with Gasteiger partial charge in [-0.25, -0.2) is 9.18 Å². The van der Waals surface area contributed by atoms with Crippen molar-refractivity contribution in [2.45, 2.75) is 0 Å². The van der Waals surface area contributed by atoms with Gasteiger partial charge >= 0.3 is 5.97 Å². The summed E-state index contributed by atoms with van der Waals surface area (Å²) in [5.74, 6) is -1.24. The Kier molecular flexibility index (Phi) is 6.12. The highest BCUT2D eigenvalue weighted by Crippen LogP contribution is 2.36. The fourth-order valence-electron chi connectivity index (χ4n) is 1.95. The Morgan fingerprint density at radius 1 is 1.29 bits per heavy atom. The Hall–Kier alpha value is -2.17. The maximum atomic E-state index is 13.8. The first-order chi connectivity index (χ1) is 11.4. The van der Waals surface area contributed by atoms with Crippen molar-refractivity contribution in [3.05, 3.63) is 62.3 Å². The summed E-state index contributed by atoms with van der Waals surface area (Å²) in [6, 6.07) is 11.3. The van der Waals surface area contributed by atoms with Gasteiger partial charge in [-0.3, -0.25) is 0 Å². The summed E-state index contributed by atoms with van der Waals surface area (Å²) in [6.07, 6.45) is 1.54. The fourth-order valence-corrected chi connectivity index (χ4v) is 3.40. The number of benzene rings is 2. The quantitative estimate of drug-likeness (QED) is 0.516. The molecular formula is C17H10Br2FNO3. The minimum absolute atomic E-state index is 0.172. The Balaban J connectivity index is 2.40. The molecule has 122 valence electrons. The van der Waals surface area contributed by atoms with E-state index in [2.05, 4.69) is 31.9 Å². The Labute approximate surface area is 154 Å². The van der Waals surface area contributed by atoms with E-state index in [1.807, 2.05) is 6.07 Å². The molecule has 2 rings (SSSR count). The molecule has 0 heterocycles. The second-order valence-electron chi connectivity index (χ2n) is 4.65. The monoisotopic (exact) mass is 453 g/mol. The van der Waals surface area contributed by atoms with Crippen molar-refractivity contribution in [1.29, 1.82) is 5.26 Å². The van der Waals surface area contributed by atoms with Crippen molar-refractivity contribution < 1.29 is 19.0 Å². The number of ether oxygens (including phenoxy) is 1. The first kappa shape index (κ1) is 18.2. The molecule has 0 saturated carbocycles. The lowest BCUT2D eigenvalue weighted by molar-refractivity contribution is -0.139. The van der Waals surface area contributed by atoms with Gasteiger partial charge in [0.25, 0.3) is 0 Å². The average Bonchev–Trinajstić information content (AvgIpc) is 2.52. The maximum absolute atomic E-state index is 13.8. The molecule has 0 saturated heterocycles. The van der Waals surface area contributed by atoms with Crippen LogP contribution in [0.25, 0.3) is 11.6 Å². The van der Waals surface area contributed by atoms with Crippen LogP contribution in [-0.4, -0.2) is 17.7 Å². The third-order valence-electron chi connectivity index (χ3n) is 2.96. The zero-order valence-corrected chi connectivity index (χ0v) is 15.3. The lowest BCUT2D eigenvalue weighted by Crippen LogP contribution is -2.10. The fraction of sp³-hybridized carbons (Fsp3) is 0.0588. The predicted molar refractivity (Wildman–Crippen MR) is 94.9 cm³/mol. The highest BCUT2D eigenvalue weighted by Gasteiger charge is 2.12. The topological polar surface area (TPSA) is 70.3 Å². The van der Waals surface area contributed by atoms with Crippen molar-refractivity contribution in [2.24, 2.45) is 0 Å². The number of carboxylic acid groups (broad SMARTS) is 1. The van der Waals surface area contributed by atoms with Crippen LogP contribution in [0, 0.1) is 17.1 Å². The largest absolute Gasteiger partial charge is 0.480 e. The average molecular weight is 455 g/mol. The van der Waals surface area contributed by atoms with Crippen LogP contribution in [0.2, 0.25) is 0 Å². The molecule has 2 aromatic rings. The van der Waals surface area contributed by atoms with Crippen LogP contribution in [-0.2, 0) is 4.79 Å². The van der Waals surface area contributed by atoms with Crippen LogP contribution in [0.4, 0.5) is 4.39 Å². The van der Waals surface area contributed by atoms with E-state index in [1.165, 1.54) is 18.2 Å². The number of rotatable bonds is 5. The molecule has 0 aromatic heterocycles. The molecule has 7 heteroatoms. The second kappa shape index (κ2) is 8.08. The van der Waals surface area contributed by atoms with E-state index < -0.39 is 18.4 Å². The van der Waals surface area contributed by atoms with Gasteiger partial charge in [0, 0.05) is 5.56 Å². The van der Waals surface area contributed by atoms with Crippen molar-refractivity contribution >= 4 is 49.5 Å². The van der Waals surface area contributed by atoms with Gasteiger partial charge < -0.3 is 9.84 Å². The van der Waals surface area contributed by atoms with Crippen LogP contribution >= 0.6 is 31.9 Å². The van der Waals surface area contributed by atoms with Crippen molar-refractivity contribution in [3.8, 4) is 11.8 Å². The lowest BCUT2D eigenvalue weighted by Gasteiger charge is -2.10. The molecule has 0 aliphatic rings. The van der Waals surface area contributed by atoms with Crippen molar-refractivity contribution in [2.75, 3.05) is 6.61 Å². The van der Waals surface area contributed by atoms with Crippen LogP contribution < -0.4 is 4.74 Å². The number of halogens is 3. The summed E-state index contributed by atoms with van der Waals surface area (Å²) in [5.41, 5.74) is 1.00. The third kappa shape index (κ3) is 4.43. The van der Waals surface area contributed by atoms with E-state index in [0.29, 0.717) is 20.3 Å². The molecule has 0 aliphatic heterocycles. The maximum Gasteiger partial charge on any atom is 0.341 e. The number of hydrogen-bond acceptors (Lipinski definition) is 3. The minimum Gasteiger partial charge on any atom is -0.480 e. The summed E-state index contributed by atoms with van der Waals surface area (Å²) in [4.78, 5) is 10.6. The first-order valence-corrected chi connectivity index (χ1v) is 8.21. The SMILES string of the molecule is N#CC(=Cc1cc(Br)c(OCC(=O)O)c(Br)c1)c1ccccc1F. The molecule has 2 aromatic carbocycles. The number of carboxylic acids is 1. The standard InChI is InChI=1S/C17H10Br2FNO3/c18-13-6-10(7-14(19)17(13)24-9-16(22)23)5-11(8-21)12-3-1-2-4-15(12)20/h1-7H,9H2,(H,22,23). The predicted octanol–water partition coefficient (Wildman–Crippen LogP) is 4.88. The third-order valence-corrected chi connectivity index (χ3v) is 4.13. The molecule has 1 N–H and O–H groups in total. The molecule has 0 bridgehead atoms. The van der Waals surface area contributed by atoms with E-state index in [-0.39, 0.29) is 11.1 Å². The van der Waals surface area contributed by atoms with Crippen LogP contribution in [0.5, 0.6) is 5.75 Å². The molecule has 0 fully saturated rings. The van der Waals surface area contributed by atoms with Gasteiger partial charge in [0.05, 0.1) is 20.6 Å². The number of nitriles is 1. The number of nitrogens with zero attached hydrogens (tertiary/aromatic N) is 1. The Morgan fingerprint density at radius 2 is 1.92 bits per heavy atom. The summed E-state index contributed by atoms with van der Waals surface area (Å²) < 4.78 is 20.0. The Morgan fingerprint density at radius 3 is 2.46 bits per heavy atom. The Bertz CT molecular complexity index is 836. The number of aliphatic carboxylic acids is 1. The van der Waals surface area contributed by atoms with E-state index in [1.54, 1.807) is 24.3 Å². The molecule has 0 unspecified atom stereocenters. The van der Waals surface area contributed by atoms with E-state index in [0.717, 1.165) is 0 Å². The zero-order chi connectivity index (χ0) is 17.7. The molecular weight excluding hydrogens is 445 g/mol. The van der Waals surface area contributed by atoms with Gasteiger partial charge in [0.15, 0.2) is 6.61 Å². The molecule has 24 heavy (non-hydrogen) atoms. The summed E-state index contributed by atoms with van der Waals surface area (Å²) in [6.45, 7) is -0.481. The van der Waals surface area contributed by atoms with E-state index in [4.69, 9.17) is 9.84 Å². The number of hydrogen-bond donors (Lipinski definition) is 1. The van der Waals surface area contributed by atoms with Gasteiger partial charge in [-0.05, 0) is 61.7 Å². The first-order valence-electron chi connectivity index (χ1n) is 6.62. The zero-order valence-electron chi connectivity index (χ0n) is 12.1. The van der Waals surface area contributed by atoms with E-state index >= 15 is 0 Å². The lowest BCUT2D eigenvalue weighted by atomic mass is 10.0. The van der Waals surface area contributed by atoms with Gasteiger partial charge in [-0.2, -0.15) is 5.26 Å². The van der Waals surface area contributed by atoms with E-state index in [9.17, 15) is 14.4 Å². The molecule has 0 aliphatic carbocycles. The molecule has 0 spiro atoms. The van der Waals surface area contributed by atoms with Gasteiger partial charge in [-0.1, -0.05) is 18.2 Å². The minimum atomic E-state index is -1.09.